The number of aromatic nitrogens is 1. The first-order valence-electron chi connectivity index (χ1n) is 3.58. The van der Waals surface area contributed by atoms with Gasteiger partial charge in [-0.1, -0.05) is 0 Å². The lowest BCUT2D eigenvalue weighted by atomic mass is 10.1. The van der Waals surface area contributed by atoms with E-state index in [1.807, 2.05) is 0 Å². The van der Waals surface area contributed by atoms with Crippen molar-refractivity contribution in [3.05, 3.63) is 29.1 Å². The first-order valence-corrected chi connectivity index (χ1v) is 3.58. The number of alkyl halides is 3. The van der Waals surface area contributed by atoms with E-state index >= 15 is 0 Å². The molecule has 1 N–H and O–H groups in total. The Morgan fingerprint density at radius 1 is 1.46 bits per heavy atom. The second-order valence-corrected chi connectivity index (χ2v) is 2.63. The molecule has 0 bridgehead atoms. The fraction of sp³-hybridized carbons (Fsp3) is 0.375. The van der Waals surface area contributed by atoms with Gasteiger partial charge in [0.2, 0.25) is 0 Å². The molecule has 0 spiro atoms. The molecule has 72 valence electrons. The van der Waals surface area contributed by atoms with Gasteiger partial charge in [0.15, 0.2) is 0 Å². The Kier molecular flexibility index (Phi) is 2.56. The third-order valence-electron chi connectivity index (χ3n) is 1.63. The van der Waals surface area contributed by atoms with Crippen LogP contribution in [0, 0.1) is 6.92 Å². The highest BCUT2D eigenvalue weighted by molar-refractivity contribution is 5.26. The van der Waals surface area contributed by atoms with Crippen LogP contribution in [0.2, 0.25) is 0 Å². The molecular weight excluding hydrogens is 183 g/mol. The van der Waals surface area contributed by atoms with Crippen LogP contribution in [-0.2, 0) is 12.8 Å². The summed E-state index contributed by atoms with van der Waals surface area (Å²) in [6.07, 6.45) is -3.17. The average Bonchev–Trinajstić information content (AvgIpc) is 2.03. The number of nitrogens with zero attached hydrogens (tertiary/aromatic N) is 1. The highest BCUT2D eigenvalue weighted by Crippen LogP contribution is 2.31. The molecule has 0 unspecified atom stereocenters. The van der Waals surface area contributed by atoms with E-state index in [2.05, 4.69) is 4.98 Å². The summed E-state index contributed by atoms with van der Waals surface area (Å²) in [5.41, 5.74) is -0.707. The van der Waals surface area contributed by atoms with Crippen molar-refractivity contribution in [1.29, 1.82) is 0 Å². The molecule has 13 heavy (non-hydrogen) atoms. The van der Waals surface area contributed by atoms with Crippen molar-refractivity contribution in [2.75, 3.05) is 0 Å². The van der Waals surface area contributed by atoms with Crippen LogP contribution in [0.3, 0.4) is 0 Å². The molecular formula is C8H8F3NO. The van der Waals surface area contributed by atoms with Crippen LogP contribution in [0.5, 0.6) is 0 Å². The number of hydrogen-bond acceptors (Lipinski definition) is 2. The molecule has 0 radical (unpaired) electrons. The average molecular weight is 191 g/mol. The van der Waals surface area contributed by atoms with Crippen molar-refractivity contribution in [2.45, 2.75) is 19.7 Å². The van der Waals surface area contributed by atoms with Gasteiger partial charge >= 0.3 is 6.18 Å². The molecule has 0 saturated carbocycles. The molecule has 0 aliphatic rings. The van der Waals surface area contributed by atoms with E-state index in [1.54, 1.807) is 0 Å². The van der Waals surface area contributed by atoms with Gasteiger partial charge in [0.25, 0.3) is 0 Å². The topological polar surface area (TPSA) is 33.1 Å². The first-order chi connectivity index (χ1) is 5.95. The lowest BCUT2D eigenvalue weighted by Gasteiger charge is -2.09. The Morgan fingerprint density at radius 3 is 2.54 bits per heavy atom. The highest BCUT2D eigenvalue weighted by atomic mass is 19.4. The van der Waals surface area contributed by atoms with E-state index in [9.17, 15) is 13.2 Å². The molecule has 1 aromatic heterocycles. The summed E-state index contributed by atoms with van der Waals surface area (Å²) in [5.74, 6) is 0. The largest absolute Gasteiger partial charge is 0.418 e. The molecule has 0 saturated heterocycles. The molecule has 0 fully saturated rings. The van der Waals surface area contributed by atoms with Gasteiger partial charge in [0.1, 0.15) is 0 Å². The van der Waals surface area contributed by atoms with Gasteiger partial charge in [0.05, 0.1) is 12.2 Å². The van der Waals surface area contributed by atoms with Crippen LogP contribution >= 0.6 is 0 Å². The quantitative estimate of drug-likeness (QED) is 0.735. The zero-order valence-electron chi connectivity index (χ0n) is 6.89. The molecule has 0 aliphatic carbocycles. The minimum Gasteiger partial charge on any atom is -0.392 e. The highest BCUT2D eigenvalue weighted by Gasteiger charge is 2.33. The van der Waals surface area contributed by atoms with Crippen LogP contribution in [-0.4, -0.2) is 10.1 Å². The Bertz CT molecular complexity index is 309. The fourth-order valence-electron chi connectivity index (χ4n) is 0.950. The van der Waals surface area contributed by atoms with Crippen LogP contribution < -0.4 is 0 Å². The van der Waals surface area contributed by atoms with Gasteiger partial charge in [-0.25, -0.2) is 0 Å². The predicted octanol–water partition coefficient (Wildman–Crippen LogP) is 1.90. The maximum absolute atomic E-state index is 12.2. The van der Waals surface area contributed by atoms with Gasteiger partial charge in [0, 0.05) is 11.9 Å². The first kappa shape index (κ1) is 9.98. The Hall–Kier alpha value is -1.10. The van der Waals surface area contributed by atoms with E-state index in [4.69, 9.17) is 5.11 Å². The lowest BCUT2D eigenvalue weighted by Crippen LogP contribution is -2.09. The monoisotopic (exact) mass is 191 g/mol. The van der Waals surface area contributed by atoms with Crippen LogP contribution in [0.15, 0.2) is 12.3 Å². The van der Waals surface area contributed by atoms with Gasteiger partial charge in [-0.2, -0.15) is 13.2 Å². The zero-order valence-corrected chi connectivity index (χ0v) is 6.89. The second-order valence-electron chi connectivity index (χ2n) is 2.63. The number of aliphatic hydroxyl groups is 1. The van der Waals surface area contributed by atoms with Crippen molar-refractivity contribution in [2.24, 2.45) is 0 Å². The number of aryl methyl sites for hydroxylation is 1. The van der Waals surface area contributed by atoms with E-state index < -0.39 is 18.3 Å². The van der Waals surface area contributed by atoms with Gasteiger partial charge in [-0.15, -0.1) is 0 Å². The summed E-state index contributed by atoms with van der Waals surface area (Å²) in [7, 11) is 0. The van der Waals surface area contributed by atoms with Gasteiger partial charge in [-0.05, 0) is 18.6 Å². The van der Waals surface area contributed by atoms with Crippen molar-refractivity contribution < 1.29 is 18.3 Å². The number of hydrogen-bond donors (Lipinski definition) is 1. The SMILES string of the molecule is Cc1ncc(CO)cc1C(F)(F)F. The number of halogens is 3. The summed E-state index contributed by atoms with van der Waals surface area (Å²) in [6.45, 7) is 0.848. The normalized spacial score (nSPS) is 11.8. The van der Waals surface area contributed by atoms with Crippen molar-refractivity contribution >= 4 is 0 Å². The lowest BCUT2D eigenvalue weighted by molar-refractivity contribution is -0.138. The molecule has 5 heteroatoms. The predicted molar refractivity (Wildman–Crippen MR) is 39.9 cm³/mol. The number of aliphatic hydroxyl groups excluding tert-OH is 1. The summed E-state index contributed by atoms with van der Waals surface area (Å²) >= 11 is 0. The van der Waals surface area contributed by atoms with E-state index in [0.717, 1.165) is 6.07 Å². The molecule has 2 nitrogen and oxygen atoms in total. The Balaban J connectivity index is 3.19. The zero-order chi connectivity index (χ0) is 10.1. The van der Waals surface area contributed by atoms with Crippen molar-refractivity contribution in [3.8, 4) is 0 Å². The van der Waals surface area contributed by atoms with Crippen LogP contribution in [0.1, 0.15) is 16.8 Å². The van der Waals surface area contributed by atoms with E-state index in [-0.39, 0.29) is 11.3 Å². The smallest absolute Gasteiger partial charge is 0.392 e. The molecule has 0 amide bonds. The number of rotatable bonds is 1. The second kappa shape index (κ2) is 3.33. The summed E-state index contributed by atoms with van der Waals surface area (Å²) in [4.78, 5) is 3.54. The third kappa shape index (κ3) is 2.18. The van der Waals surface area contributed by atoms with Gasteiger partial charge < -0.3 is 5.11 Å². The minimum absolute atomic E-state index is 0.0790. The number of pyridine rings is 1. The van der Waals surface area contributed by atoms with E-state index in [0.29, 0.717) is 0 Å². The van der Waals surface area contributed by atoms with Crippen LogP contribution in [0.4, 0.5) is 13.2 Å². The van der Waals surface area contributed by atoms with Crippen LogP contribution in [0.25, 0.3) is 0 Å². The molecule has 1 aromatic rings. The molecule has 0 aromatic carbocycles. The third-order valence-corrected chi connectivity index (χ3v) is 1.63. The minimum atomic E-state index is -4.40. The maximum Gasteiger partial charge on any atom is 0.418 e. The van der Waals surface area contributed by atoms with E-state index in [1.165, 1.54) is 13.1 Å². The Morgan fingerprint density at radius 2 is 2.08 bits per heavy atom. The van der Waals surface area contributed by atoms with Crippen molar-refractivity contribution in [3.63, 3.8) is 0 Å². The molecule has 1 rings (SSSR count). The maximum atomic E-state index is 12.2. The van der Waals surface area contributed by atoms with Gasteiger partial charge in [-0.3, -0.25) is 4.98 Å². The molecule has 1 heterocycles. The fourth-order valence-corrected chi connectivity index (χ4v) is 0.950. The molecule has 0 aliphatic heterocycles. The summed E-state index contributed by atoms with van der Waals surface area (Å²) in [6, 6.07) is 0.905. The summed E-state index contributed by atoms with van der Waals surface area (Å²) in [5, 5.41) is 8.61. The van der Waals surface area contributed by atoms with Crippen molar-refractivity contribution in [1.82, 2.24) is 4.98 Å². The Labute approximate surface area is 73.0 Å². The standard InChI is InChI=1S/C8H8F3NO/c1-5-7(8(9,10)11)2-6(4-13)3-12-5/h2-3,13H,4H2,1H3. The summed E-state index contributed by atoms with van der Waals surface area (Å²) < 4.78 is 36.7. The molecule has 0 atom stereocenters.